The van der Waals surface area contributed by atoms with Gasteiger partial charge in [0.05, 0.1) is 0 Å². The van der Waals surface area contributed by atoms with Crippen LogP contribution in [-0.4, -0.2) is 18.1 Å². The Balaban J connectivity index is 3.22. The van der Waals surface area contributed by atoms with Crippen molar-refractivity contribution >= 4 is 34.5 Å². The van der Waals surface area contributed by atoms with Crippen molar-refractivity contribution < 1.29 is 0 Å². The highest BCUT2D eigenvalue weighted by molar-refractivity contribution is 7.80. The summed E-state index contributed by atoms with van der Waals surface area (Å²) >= 11 is 10.9. The molecule has 0 aliphatic carbocycles. The molecule has 0 aliphatic heterocycles. The van der Waals surface area contributed by atoms with Gasteiger partial charge in [0.2, 0.25) is 0 Å². The fourth-order valence-electron chi connectivity index (χ4n) is 1.29. The molecular formula is C11H15ClN2S. The van der Waals surface area contributed by atoms with Gasteiger partial charge in [0.15, 0.2) is 0 Å². The minimum atomic E-state index is 0.375. The maximum Gasteiger partial charge on any atom is 0.106 e. The summed E-state index contributed by atoms with van der Waals surface area (Å²) in [6, 6.07) is 5.98. The zero-order valence-corrected chi connectivity index (χ0v) is 10.7. The van der Waals surface area contributed by atoms with Crippen LogP contribution in [0.2, 0.25) is 5.02 Å². The first kappa shape index (κ1) is 12.3. The summed E-state index contributed by atoms with van der Waals surface area (Å²) in [7, 11) is 2.01. The number of hydrogen-bond acceptors (Lipinski definition) is 2. The van der Waals surface area contributed by atoms with Crippen molar-refractivity contribution in [2.24, 2.45) is 5.73 Å². The number of hydrogen-bond donors (Lipinski definition) is 1. The van der Waals surface area contributed by atoms with Crippen molar-refractivity contribution in [3.8, 4) is 0 Å². The second kappa shape index (κ2) is 4.81. The van der Waals surface area contributed by atoms with Crippen molar-refractivity contribution in [1.82, 2.24) is 0 Å². The summed E-state index contributed by atoms with van der Waals surface area (Å²) < 4.78 is 0. The molecule has 1 aromatic rings. The molecule has 0 atom stereocenters. The summed E-state index contributed by atoms with van der Waals surface area (Å²) in [5, 5.41) is 0.652. The molecule has 0 aliphatic rings. The second-order valence-electron chi connectivity index (χ2n) is 3.73. The van der Waals surface area contributed by atoms with Crippen LogP contribution in [0.25, 0.3) is 0 Å². The van der Waals surface area contributed by atoms with E-state index in [9.17, 15) is 0 Å². The van der Waals surface area contributed by atoms with Crippen LogP contribution in [0.15, 0.2) is 18.2 Å². The monoisotopic (exact) mass is 242 g/mol. The molecule has 0 bridgehead atoms. The number of nitrogens with zero attached hydrogens (tertiary/aromatic N) is 1. The normalized spacial score (nSPS) is 10.5. The highest BCUT2D eigenvalue weighted by Gasteiger charge is 2.12. The maximum absolute atomic E-state index is 5.91. The van der Waals surface area contributed by atoms with Gasteiger partial charge in [-0.2, -0.15) is 0 Å². The Morgan fingerprint density at radius 2 is 2.07 bits per heavy atom. The molecular weight excluding hydrogens is 228 g/mol. The lowest BCUT2D eigenvalue weighted by molar-refractivity contribution is 0.754. The van der Waals surface area contributed by atoms with Gasteiger partial charge in [-0.05, 0) is 32.0 Å². The van der Waals surface area contributed by atoms with E-state index in [1.165, 1.54) is 0 Å². The van der Waals surface area contributed by atoms with Crippen molar-refractivity contribution in [3.05, 3.63) is 28.8 Å². The number of thiocarbonyl (C=S) groups is 1. The number of benzene rings is 1. The molecule has 15 heavy (non-hydrogen) atoms. The third kappa shape index (κ3) is 2.83. The SMILES string of the molecule is CC(C)N(C)c1ccc(Cl)cc1C(N)=S. The molecule has 0 aromatic heterocycles. The fraction of sp³-hybridized carbons (Fsp3) is 0.364. The Morgan fingerprint density at radius 3 is 2.53 bits per heavy atom. The van der Waals surface area contributed by atoms with Crippen LogP contribution in [0.5, 0.6) is 0 Å². The summed E-state index contributed by atoms with van der Waals surface area (Å²) in [6.07, 6.45) is 0. The van der Waals surface area contributed by atoms with Crippen LogP contribution in [0, 0.1) is 0 Å². The van der Waals surface area contributed by atoms with Gasteiger partial charge < -0.3 is 10.6 Å². The first-order valence-corrected chi connectivity index (χ1v) is 5.54. The van der Waals surface area contributed by atoms with Gasteiger partial charge in [0, 0.05) is 29.4 Å². The molecule has 0 fully saturated rings. The molecule has 0 spiro atoms. The van der Waals surface area contributed by atoms with Gasteiger partial charge in [0.25, 0.3) is 0 Å². The highest BCUT2D eigenvalue weighted by atomic mass is 35.5. The van der Waals surface area contributed by atoms with Crippen LogP contribution >= 0.6 is 23.8 Å². The molecule has 0 radical (unpaired) electrons. The zero-order chi connectivity index (χ0) is 11.6. The maximum atomic E-state index is 5.91. The molecule has 1 aromatic carbocycles. The van der Waals surface area contributed by atoms with Crippen molar-refractivity contribution in [2.45, 2.75) is 19.9 Å². The van der Waals surface area contributed by atoms with E-state index in [1.54, 1.807) is 6.07 Å². The Hall–Kier alpha value is -0.800. The number of rotatable bonds is 3. The Bertz CT molecular complexity index is 377. The van der Waals surface area contributed by atoms with E-state index in [4.69, 9.17) is 29.6 Å². The van der Waals surface area contributed by atoms with E-state index < -0.39 is 0 Å². The first-order valence-electron chi connectivity index (χ1n) is 4.75. The number of nitrogens with two attached hydrogens (primary N) is 1. The molecule has 0 heterocycles. The standard InChI is InChI=1S/C11H15ClN2S/c1-7(2)14(3)10-5-4-8(12)6-9(10)11(13)15/h4-7H,1-3H3,(H2,13,15). The quantitative estimate of drug-likeness (QED) is 0.827. The minimum Gasteiger partial charge on any atom is -0.389 e. The fourth-order valence-corrected chi connectivity index (χ4v) is 1.63. The van der Waals surface area contributed by atoms with Crippen molar-refractivity contribution in [2.75, 3.05) is 11.9 Å². The average Bonchev–Trinajstić information content (AvgIpc) is 2.16. The van der Waals surface area contributed by atoms with Crippen LogP contribution in [0.4, 0.5) is 5.69 Å². The lowest BCUT2D eigenvalue weighted by Gasteiger charge is -2.26. The smallest absolute Gasteiger partial charge is 0.106 e. The second-order valence-corrected chi connectivity index (χ2v) is 4.61. The predicted molar refractivity (Wildman–Crippen MR) is 70.9 cm³/mol. The predicted octanol–water partition coefficient (Wildman–Crippen LogP) is 2.82. The van der Waals surface area contributed by atoms with Gasteiger partial charge in [0.1, 0.15) is 4.99 Å². The molecule has 0 amide bonds. The largest absolute Gasteiger partial charge is 0.389 e. The third-order valence-corrected chi connectivity index (χ3v) is 2.83. The topological polar surface area (TPSA) is 29.3 Å². The van der Waals surface area contributed by atoms with Crippen LogP contribution < -0.4 is 10.6 Å². The van der Waals surface area contributed by atoms with Gasteiger partial charge in [-0.3, -0.25) is 0 Å². The summed E-state index contributed by atoms with van der Waals surface area (Å²) in [6.45, 7) is 4.22. The van der Waals surface area contributed by atoms with E-state index in [0.717, 1.165) is 11.3 Å². The highest BCUT2D eigenvalue weighted by Crippen LogP contribution is 2.24. The summed E-state index contributed by atoms with van der Waals surface area (Å²) in [4.78, 5) is 2.49. The van der Waals surface area contributed by atoms with Gasteiger partial charge in [-0.1, -0.05) is 23.8 Å². The summed E-state index contributed by atoms with van der Waals surface area (Å²) in [5.41, 5.74) is 7.51. The van der Waals surface area contributed by atoms with Gasteiger partial charge in [-0.15, -0.1) is 0 Å². The molecule has 4 heteroatoms. The van der Waals surface area contributed by atoms with Crippen LogP contribution in [0.3, 0.4) is 0 Å². The van der Waals surface area contributed by atoms with E-state index in [0.29, 0.717) is 16.1 Å². The van der Waals surface area contributed by atoms with Gasteiger partial charge in [-0.25, -0.2) is 0 Å². The van der Waals surface area contributed by atoms with E-state index >= 15 is 0 Å². The summed E-state index contributed by atoms with van der Waals surface area (Å²) in [5.74, 6) is 0. The molecule has 1 rings (SSSR count). The van der Waals surface area contributed by atoms with E-state index in [-0.39, 0.29) is 0 Å². The van der Waals surface area contributed by atoms with E-state index in [1.807, 2.05) is 19.2 Å². The molecule has 82 valence electrons. The molecule has 2 nitrogen and oxygen atoms in total. The number of halogens is 1. The van der Waals surface area contributed by atoms with Crippen LogP contribution in [0.1, 0.15) is 19.4 Å². The van der Waals surface area contributed by atoms with Gasteiger partial charge >= 0.3 is 0 Å². The molecule has 0 unspecified atom stereocenters. The average molecular weight is 243 g/mol. The Morgan fingerprint density at radius 1 is 1.47 bits per heavy atom. The zero-order valence-electron chi connectivity index (χ0n) is 9.12. The third-order valence-electron chi connectivity index (χ3n) is 2.38. The minimum absolute atomic E-state index is 0.375. The molecule has 0 saturated heterocycles. The molecule has 0 saturated carbocycles. The lowest BCUT2D eigenvalue weighted by atomic mass is 10.1. The Kier molecular flexibility index (Phi) is 3.94. The lowest BCUT2D eigenvalue weighted by Crippen LogP contribution is -2.28. The first-order chi connectivity index (χ1) is 6.93. The van der Waals surface area contributed by atoms with Crippen molar-refractivity contribution in [1.29, 1.82) is 0 Å². The Labute approximate surface area is 101 Å². The number of anilines is 1. The van der Waals surface area contributed by atoms with E-state index in [2.05, 4.69) is 18.7 Å². The van der Waals surface area contributed by atoms with Crippen LogP contribution in [-0.2, 0) is 0 Å². The molecule has 2 N–H and O–H groups in total. The van der Waals surface area contributed by atoms with Crippen molar-refractivity contribution in [3.63, 3.8) is 0 Å².